The molecule has 0 spiro atoms. The molecule has 0 radical (unpaired) electrons. The van der Waals surface area contributed by atoms with E-state index in [9.17, 15) is 5.11 Å². The number of halogens is 1. The summed E-state index contributed by atoms with van der Waals surface area (Å²) in [6.45, 7) is 0.476. The van der Waals surface area contributed by atoms with Gasteiger partial charge in [0, 0.05) is 22.5 Å². The van der Waals surface area contributed by atoms with E-state index in [2.05, 4.69) is 0 Å². The highest BCUT2D eigenvalue weighted by molar-refractivity contribution is 6.31. The normalized spacial score (nSPS) is 28.6. The summed E-state index contributed by atoms with van der Waals surface area (Å²) in [5.74, 6) is 0.754. The van der Waals surface area contributed by atoms with Gasteiger partial charge in [-0.15, -0.1) is 0 Å². The maximum Gasteiger partial charge on any atom is 0.124 e. The van der Waals surface area contributed by atoms with Crippen LogP contribution in [0.5, 0.6) is 5.75 Å². The van der Waals surface area contributed by atoms with Crippen molar-refractivity contribution in [2.24, 2.45) is 5.73 Å². The first-order chi connectivity index (χ1) is 7.63. The highest BCUT2D eigenvalue weighted by Gasteiger charge is 2.46. The smallest absolute Gasteiger partial charge is 0.124 e. The van der Waals surface area contributed by atoms with Gasteiger partial charge in [-0.1, -0.05) is 17.7 Å². The monoisotopic (exact) mass is 241 g/mol. The molecule has 3 nitrogen and oxygen atoms in total. The lowest BCUT2D eigenvalue weighted by atomic mass is 9.62. The van der Waals surface area contributed by atoms with Crippen molar-refractivity contribution < 1.29 is 9.84 Å². The molecule has 1 saturated carbocycles. The fourth-order valence-electron chi connectivity index (χ4n) is 2.50. The van der Waals surface area contributed by atoms with Crippen LogP contribution in [0.2, 0.25) is 5.02 Å². The van der Waals surface area contributed by atoms with E-state index in [0.29, 0.717) is 24.4 Å². The fourth-order valence-corrected chi connectivity index (χ4v) is 2.87. The average Bonchev–Trinajstić information content (AvgIpc) is 2.24. The van der Waals surface area contributed by atoms with Crippen LogP contribution in [0.3, 0.4) is 0 Å². The molecular weight excluding hydrogens is 226 g/mol. The van der Waals surface area contributed by atoms with E-state index < -0.39 is 0 Å². The number of aliphatic hydroxyl groups is 1. The molecular formula is C12H16ClNO2. The zero-order valence-electron chi connectivity index (χ0n) is 9.24. The maximum absolute atomic E-state index is 9.49. The van der Waals surface area contributed by atoms with Crippen LogP contribution in [-0.4, -0.2) is 24.9 Å². The van der Waals surface area contributed by atoms with Gasteiger partial charge in [-0.3, -0.25) is 0 Å². The van der Waals surface area contributed by atoms with Gasteiger partial charge in [0.2, 0.25) is 0 Å². The molecule has 88 valence electrons. The van der Waals surface area contributed by atoms with Crippen LogP contribution in [0.15, 0.2) is 18.2 Å². The highest BCUT2D eigenvalue weighted by Crippen LogP contribution is 2.49. The molecule has 0 unspecified atom stereocenters. The first-order valence-electron chi connectivity index (χ1n) is 5.34. The Balaban J connectivity index is 2.46. The van der Waals surface area contributed by atoms with E-state index in [4.69, 9.17) is 22.1 Å². The van der Waals surface area contributed by atoms with E-state index in [1.807, 2.05) is 18.2 Å². The Bertz CT molecular complexity index is 389. The van der Waals surface area contributed by atoms with Gasteiger partial charge in [-0.2, -0.15) is 0 Å². The van der Waals surface area contributed by atoms with Gasteiger partial charge in [0.15, 0.2) is 0 Å². The van der Waals surface area contributed by atoms with E-state index in [1.165, 1.54) is 0 Å². The number of methoxy groups -OCH3 is 1. The first-order valence-corrected chi connectivity index (χ1v) is 5.72. The minimum atomic E-state index is -0.274. The number of nitrogens with two attached hydrogens (primary N) is 1. The van der Waals surface area contributed by atoms with E-state index in [-0.39, 0.29) is 11.5 Å². The molecule has 16 heavy (non-hydrogen) atoms. The number of rotatable bonds is 3. The van der Waals surface area contributed by atoms with Gasteiger partial charge < -0.3 is 15.6 Å². The van der Waals surface area contributed by atoms with Gasteiger partial charge in [0.1, 0.15) is 5.75 Å². The molecule has 1 aliphatic carbocycles. The number of hydrogen-bond acceptors (Lipinski definition) is 3. The summed E-state index contributed by atoms with van der Waals surface area (Å²) in [7, 11) is 1.62. The summed E-state index contributed by atoms with van der Waals surface area (Å²) in [6, 6.07) is 5.56. The second kappa shape index (κ2) is 4.24. The minimum absolute atomic E-state index is 0.219. The maximum atomic E-state index is 9.49. The lowest BCUT2D eigenvalue weighted by molar-refractivity contribution is 0.0211. The topological polar surface area (TPSA) is 55.5 Å². The number of aliphatic hydroxyl groups excluding tert-OH is 1. The molecule has 0 aliphatic heterocycles. The van der Waals surface area contributed by atoms with Crippen molar-refractivity contribution in [3.05, 3.63) is 28.8 Å². The number of hydrogen-bond donors (Lipinski definition) is 2. The van der Waals surface area contributed by atoms with Crippen molar-refractivity contribution in [2.75, 3.05) is 13.7 Å². The lowest BCUT2D eigenvalue weighted by Crippen LogP contribution is -2.50. The van der Waals surface area contributed by atoms with Crippen LogP contribution in [0.1, 0.15) is 18.4 Å². The molecule has 1 aromatic rings. The van der Waals surface area contributed by atoms with Crippen molar-refractivity contribution in [2.45, 2.75) is 24.4 Å². The van der Waals surface area contributed by atoms with Gasteiger partial charge >= 0.3 is 0 Å². The molecule has 2 rings (SSSR count). The Morgan fingerprint density at radius 1 is 1.56 bits per heavy atom. The van der Waals surface area contributed by atoms with E-state index in [1.54, 1.807) is 7.11 Å². The van der Waals surface area contributed by atoms with Crippen LogP contribution < -0.4 is 10.5 Å². The van der Waals surface area contributed by atoms with Crippen molar-refractivity contribution in [1.82, 2.24) is 0 Å². The molecule has 3 N–H and O–H groups in total. The van der Waals surface area contributed by atoms with Crippen LogP contribution in [0.4, 0.5) is 0 Å². The molecule has 1 aromatic carbocycles. The summed E-state index contributed by atoms with van der Waals surface area (Å²) in [5, 5.41) is 10.2. The summed E-state index contributed by atoms with van der Waals surface area (Å²) < 4.78 is 5.32. The van der Waals surface area contributed by atoms with Gasteiger partial charge in [-0.05, 0) is 25.0 Å². The van der Waals surface area contributed by atoms with E-state index in [0.717, 1.165) is 11.3 Å². The molecule has 0 bridgehead atoms. The number of benzene rings is 1. The first kappa shape index (κ1) is 11.7. The van der Waals surface area contributed by atoms with Gasteiger partial charge in [0.05, 0.1) is 13.2 Å². The summed E-state index contributed by atoms with van der Waals surface area (Å²) in [6.07, 6.45) is 1.04. The third kappa shape index (κ3) is 1.69. The van der Waals surface area contributed by atoms with Gasteiger partial charge in [-0.25, -0.2) is 0 Å². The molecule has 0 heterocycles. The Hall–Kier alpha value is -0.770. The molecule has 0 amide bonds. The zero-order chi connectivity index (χ0) is 11.8. The van der Waals surface area contributed by atoms with Crippen molar-refractivity contribution in [3.63, 3.8) is 0 Å². The fraction of sp³-hybridized carbons (Fsp3) is 0.500. The van der Waals surface area contributed by atoms with Gasteiger partial charge in [0.25, 0.3) is 0 Å². The average molecular weight is 242 g/mol. The SMILES string of the molecule is COc1cccc(Cl)c1C1(CN)CC(O)C1. The predicted molar refractivity (Wildman–Crippen MR) is 64.0 cm³/mol. The Morgan fingerprint density at radius 2 is 2.25 bits per heavy atom. The number of ether oxygens (including phenoxy) is 1. The molecule has 1 aliphatic rings. The predicted octanol–water partition coefficient (Wildman–Crippen LogP) is 1.70. The molecule has 0 saturated heterocycles. The van der Waals surface area contributed by atoms with Crippen LogP contribution in [0.25, 0.3) is 0 Å². The van der Waals surface area contributed by atoms with Crippen LogP contribution in [-0.2, 0) is 5.41 Å². The van der Waals surface area contributed by atoms with Crippen LogP contribution >= 0.6 is 11.6 Å². The second-order valence-corrected chi connectivity index (χ2v) is 4.77. The largest absolute Gasteiger partial charge is 0.496 e. The molecule has 0 atom stereocenters. The van der Waals surface area contributed by atoms with Crippen molar-refractivity contribution >= 4 is 11.6 Å². The Morgan fingerprint density at radius 3 is 2.75 bits per heavy atom. The zero-order valence-corrected chi connectivity index (χ0v) is 10.00. The standard InChI is InChI=1S/C12H16ClNO2/c1-16-10-4-2-3-9(13)11(10)12(7-14)5-8(15)6-12/h2-4,8,15H,5-7,14H2,1H3. The van der Waals surface area contributed by atoms with Crippen molar-refractivity contribution in [1.29, 1.82) is 0 Å². The summed E-state index contributed by atoms with van der Waals surface area (Å²) in [4.78, 5) is 0. The highest BCUT2D eigenvalue weighted by atomic mass is 35.5. The Labute approximate surface area is 100 Å². The Kier molecular flexibility index (Phi) is 3.10. The minimum Gasteiger partial charge on any atom is -0.496 e. The summed E-state index contributed by atoms with van der Waals surface area (Å²) in [5.41, 5.74) is 6.55. The quantitative estimate of drug-likeness (QED) is 0.847. The van der Waals surface area contributed by atoms with E-state index >= 15 is 0 Å². The van der Waals surface area contributed by atoms with Crippen molar-refractivity contribution in [3.8, 4) is 5.75 Å². The molecule has 1 fully saturated rings. The molecule has 4 heteroatoms. The summed E-state index contributed by atoms with van der Waals surface area (Å²) >= 11 is 6.21. The lowest BCUT2D eigenvalue weighted by Gasteiger charge is -2.46. The molecule has 0 aromatic heterocycles. The second-order valence-electron chi connectivity index (χ2n) is 4.36. The third-order valence-corrected chi connectivity index (χ3v) is 3.68. The third-order valence-electron chi connectivity index (χ3n) is 3.37. The van der Waals surface area contributed by atoms with Crippen LogP contribution in [0, 0.1) is 0 Å².